The van der Waals surface area contributed by atoms with Crippen LogP contribution in [0.3, 0.4) is 0 Å². The minimum atomic E-state index is -2.00. The molecule has 0 amide bonds. The third-order valence-corrected chi connectivity index (χ3v) is 1.48. The van der Waals surface area contributed by atoms with E-state index < -0.39 is 17.4 Å². The first-order valence-corrected chi connectivity index (χ1v) is 4.30. The third-order valence-electron chi connectivity index (χ3n) is 1.06. The Morgan fingerprint density at radius 2 is 2.30 bits per heavy atom. The molecule has 2 atom stereocenters. The van der Waals surface area contributed by atoms with Gasteiger partial charge in [-0.15, -0.1) is 0 Å². The van der Waals surface area contributed by atoms with Crippen molar-refractivity contribution in [3.63, 3.8) is 0 Å². The van der Waals surface area contributed by atoms with Crippen LogP contribution >= 0.6 is 0 Å². The molecule has 62 valence electrons. The molecule has 0 saturated carbocycles. The number of rotatable bonds is 5. The second kappa shape index (κ2) is 5.79. The quantitative estimate of drug-likeness (QED) is 0.500. The van der Waals surface area contributed by atoms with Crippen LogP contribution in [0.15, 0.2) is 0 Å². The van der Waals surface area contributed by atoms with Crippen molar-refractivity contribution in [2.75, 3.05) is 6.54 Å². The highest BCUT2D eigenvalue weighted by molar-refractivity contribution is 7.77. The van der Waals surface area contributed by atoms with Crippen LogP contribution in [0.25, 0.3) is 0 Å². The molecule has 5 heteroatoms. The molecular weight excluding hydrogens is 154 g/mol. The lowest BCUT2D eigenvalue weighted by atomic mass is 10.2. The molecule has 10 heavy (non-hydrogen) atoms. The van der Waals surface area contributed by atoms with Crippen LogP contribution in [0, 0.1) is 0 Å². The zero-order valence-electron chi connectivity index (χ0n) is 5.91. The van der Waals surface area contributed by atoms with Crippen LogP contribution in [0.1, 0.15) is 19.8 Å². The van der Waals surface area contributed by atoms with Gasteiger partial charge in [0.05, 0.1) is 6.10 Å². The summed E-state index contributed by atoms with van der Waals surface area (Å²) in [4.78, 5) is 0. The number of hydrogen-bond acceptors (Lipinski definition) is 2. The van der Waals surface area contributed by atoms with Gasteiger partial charge < -0.3 is 5.11 Å². The summed E-state index contributed by atoms with van der Waals surface area (Å²) in [5, 5.41) is 8.99. The van der Waals surface area contributed by atoms with Gasteiger partial charge in [0, 0.05) is 6.54 Å². The molecule has 0 fully saturated rings. The lowest BCUT2D eigenvalue weighted by Gasteiger charge is -2.06. The summed E-state index contributed by atoms with van der Waals surface area (Å²) in [6.45, 7) is 2.12. The van der Waals surface area contributed by atoms with E-state index >= 15 is 0 Å². The number of hydrogen-bond donors (Lipinski definition) is 3. The average molecular weight is 167 g/mol. The Labute approximate surface area is 63.1 Å². The monoisotopic (exact) mass is 167 g/mol. The van der Waals surface area contributed by atoms with E-state index in [4.69, 9.17) is 9.66 Å². The summed E-state index contributed by atoms with van der Waals surface area (Å²) >= 11 is -2.00. The maximum Gasteiger partial charge on any atom is 0.231 e. The van der Waals surface area contributed by atoms with E-state index in [1.807, 2.05) is 6.92 Å². The summed E-state index contributed by atoms with van der Waals surface area (Å²) in [6.07, 6.45) is 1.02. The number of aliphatic hydroxyl groups is 1. The lowest BCUT2D eigenvalue weighted by molar-refractivity contribution is 0.167. The summed E-state index contributed by atoms with van der Waals surface area (Å²) in [7, 11) is 0. The van der Waals surface area contributed by atoms with Gasteiger partial charge in [-0.2, -0.15) is 0 Å². The molecule has 0 aliphatic rings. The van der Waals surface area contributed by atoms with E-state index in [1.165, 1.54) is 0 Å². The van der Waals surface area contributed by atoms with Gasteiger partial charge >= 0.3 is 0 Å². The topological polar surface area (TPSA) is 69.6 Å². The number of nitrogens with one attached hydrogen (secondary N) is 1. The zero-order valence-corrected chi connectivity index (χ0v) is 6.73. The van der Waals surface area contributed by atoms with E-state index in [2.05, 4.69) is 4.72 Å². The van der Waals surface area contributed by atoms with E-state index in [1.54, 1.807) is 0 Å². The molecular formula is C5H13NO3S. The Morgan fingerprint density at radius 1 is 1.70 bits per heavy atom. The molecule has 3 N–H and O–H groups in total. The molecule has 0 aromatic rings. The van der Waals surface area contributed by atoms with Crippen molar-refractivity contribution in [1.82, 2.24) is 4.72 Å². The van der Waals surface area contributed by atoms with Gasteiger partial charge in [-0.05, 0) is 6.42 Å². The third kappa shape index (κ3) is 6.15. The molecule has 4 nitrogen and oxygen atoms in total. The van der Waals surface area contributed by atoms with Crippen molar-refractivity contribution in [1.29, 1.82) is 0 Å². The van der Waals surface area contributed by atoms with Crippen molar-refractivity contribution >= 4 is 11.3 Å². The van der Waals surface area contributed by atoms with E-state index in [0.29, 0.717) is 6.42 Å². The molecule has 0 rings (SSSR count). The van der Waals surface area contributed by atoms with Crippen molar-refractivity contribution in [2.45, 2.75) is 25.9 Å². The van der Waals surface area contributed by atoms with Crippen LogP contribution in [0.4, 0.5) is 0 Å². The molecule has 0 aliphatic heterocycles. The first-order chi connectivity index (χ1) is 4.66. The highest BCUT2D eigenvalue weighted by Gasteiger charge is 2.02. The smallest absolute Gasteiger partial charge is 0.231 e. The predicted molar refractivity (Wildman–Crippen MR) is 39.7 cm³/mol. The van der Waals surface area contributed by atoms with Crippen LogP contribution in [0.2, 0.25) is 0 Å². The fourth-order valence-electron chi connectivity index (χ4n) is 0.603. The maximum atomic E-state index is 10.00. The van der Waals surface area contributed by atoms with E-state index in [0.717, 1.165) is 6.42 Å². The Hall–Kier alpha value is 0.0300. The predicted octanol–water partition coefficient (Wildman–Crippen LogP) is -0.126. The minimum absolute atomic E-state index is 0.178. The molecule has 0 bridgehead atoms. The first kappa shape index (κ1) is 10.0. The van der Waals surface area contributed by atoms with Gasteiger partial charge in [-0.25, -0.2) is 8.93 Å². The van der Waals surface area contributed by atoms with Crippen molar-refractivity contribution in [3.05, 3.63) is 0 Å². The Morgan fingerprint density at radius 3 is 2.70 bits per heavy atom. The fraction of sp³-hybridized carbons (Fsp3) is 1.00. The van der Waals surface area contributed by atoms with E-state index in [9.17, 15) is 4.21 Å². The normalized spacial score (nSPS) is 16.7. The lowest BCUT2D eigenvalue weighted by Crippen LogP contribution is -2.27. The van der Waals surface area contributed by atoms with Crippen LogP contribution in [0.5, 0.6) is 0 Å². The molecule has 0 saturated heterocycles. The Bertz CT molecular complexity index is 109. The van der Waals surface area contributed by atoms with Crippen LogP contribution in [-0.4, -0.2) is 26.5 Å². The molecule has 0 aromatic heterocycles. The molecule has 0 aromatic carbocycles. The SMILES string of the molecule is CCCC(O)CNS(=O)O. The van der Waals surface area contributed by atoms with Gasteiger partial charge in [0.1, 0.15) is 0 Å². The summed E-state index contributed by atoms with van der Waals surface area (Å²) in [5.41, 5.74) is 0. The van der Waals surface area contributed by atoms with Gasteiger partial charge in [-0.3, -0.25) is 4.55 Å². The largest absolute Gasteiger partial charge is 0.392 e. The first-order valence-electron chi connectivity index (χ1n) is 3.19. The maximum absolute atomic E-state index is 10.00. The summed E-state index contributed by atoms with van der Waals surface area (Å²) in [5.74, 6) is 0. The summed E-state index contributed by atoms with van der Waals surface area (Å²) < 4.78 is 20.4. The molecule has 2 unspecified atom stereocenters. The van der Waals surface area contributed by atoms with Crippen molar-refractivity contribution < 1.29 is 13.9 Å². The second-order valence-electron chi connectivity index (χ2n) is 2.04. The van der Waals surface area contributed by atoms with Gasteiger partial charge in [-0.1, -0.05) is 13.3 Å². The van der Waals surface area contributed by atoms with E-state index in [-0.39, 0.29) is 6.54 Å². The second-order valence-corrected chi connectivity index (χ2v) is 2.83. The van der Waals surface area contributed by atoms with Crippen molar-refractivity contribution in [2.24, 2.45) is 0 Å². The Balaban J connectivity index is 3.21. The van der Waals surface area contributed by atoms with Gasteiger partial charge in [0.25, 0.3) is 0 Å². The average Bonchev–Trinajstić information content (AvgIpc) is 1.85. The van der Waals surface area contributed by atoms with Crippen LogP contribution in [-0.2, 0) is 11.3 Å². The highest BCUT2D eigenvalue weighted by Crippen LogP contribution is 1.93. The number of aliphatic hydroxyl groups excluding tert-OH is 1. The van der Waals surface area contributed by atoms with Gasteiger partial charge in [0.15, 0.2) is 0 Å². The summed E-state index contributed by atoms with van der Waals surface area (Å²) in [6, 6.07) is 0. The van der Waals surface area contributed by atoms with Crippen LogP contribution < -0.4 is 4.72 Å². The molecule has 0 spiro atoms. The fourth-order valence-corrected chi connectivity index (χ4v) is 0.938. The van der Waals surface area contributed by atoms with Crippen molar-refractivity contribution in [3.8, 4) is 0 Å². The minimum Gasteiger partial charge on any atom is -0.392 e. The molecule has 0 radical (unpaired) electrons. The standard InChI is InChI=1S/C5H13NO3S/c1-2-3-5(7)4-6-10(8)9/h5-7H,2-4H2,1H3,(H,8,9). The zero-order chi connectivity index (χ0) is 7.98. The molecule has 0 heterocycles. The molecule has 0 aliphatic carbocycles. The highest BCUT2D eigenvalue weighted by atomic mass is 32.2. The Kier molecular flexibility index (Phi) is 5.81. The van der Waals surface area contributed by atoms with Gasteiger partial charge in [0.2, 0.25) is 11.3 Å².